The summed E-state index contributed by atoms with van der Waals surface area (Å²) in [5, 5.41) is 0. The van der Waals surface area contributed by atoms with Crippen molar-refractivity contribution >= 4 is 60.8 Å². The van der Waals surface area contributed by atoms with E-state index < -0.39 is 19.5 Å². The summed E-state index contributed by atoms with van der Waals surface area (Å²) < 4.78 is 11.5. The summed E-state index contributed by atoms with van der Waals surface area (Å²) in [4.78, 5) is 0. The van der Waals surface area contributed by atoms with Gasteiger partial charge in [0.15, 0.2) is 19.5 Å². The van der Waals surface area contributed by atoms with E-state index in [2.05, 4.69) is 163 Å². The predicted molar refractivity (Wildman–Crippen MR) is 224 cm³/mol. The van der Waals surface area contributed by atoms with Gasteiger partial charge in [-0.3, -0.25) is 0 Å². The van der Waals surface area contributed by atoms with Gasteiger partial charge in [-0.2, -0.15) is 0 Å². The minimum Gasteiger partial charge on any atom is -0.427 e. The molecule has 2 unspecified atom stereocenters. The molecular formula is C40H54O2S4Si2. The molecule has 0 saturated heterocycles. The third-order valence-corrected chi connectivity index (χ3v) is 21.6. The van der Waals surface area contributed by atoms with E-state index in [9.17, 15) is 0 Å². The zero-order valence-corrected chi connectivity index (χ0v) is 36.1. The molecule has 0 bridgehead atoms. The zero-order chi connectivity index (χ0) is 34.7. The van der Waals surface area contributed by atoms with E-state index in [4.69, 9.17) is 8.85 Å². The molecule has 4 aromatic rings. The molecule has 0 aromatic heterocycles. The highest BCUT2D eigenvalue weighted by atomic mass is 33.7. The summed E-state index contributed by atoms with van der Waals surface area (Å²) in [6.07, 6.45) is 2.06. The Kier molecular flexibility index (Phi) is 15.0. The normalized spacial score (nSPS) is 14.6. The SMILES string of the molecule is CO[SiH2]C(CC(SSSSC(CC([SiH2]OC)C(C)(C)C)(c1ccccc1)c1ccccc1)(c1ccccc1)c1ccccc1)C(C)(C)C. The van der Waals surface area contributed by atoms with Crippen LogP contribution in [0.25, 0.3) is 0 Å². The largest absolute Gasteiger partial charge is 0.427 e. The molecule has 4 aromatic carbocycles. The predicted octanol–water partition coefficient (Wildman–Crippen LogP) is 11.5. The van der Waals surface area contributed by atoms with Gasteiger partial charge in [0.05, 0.1) is 9.49 Å². The zero-order valence-electron chi connectivity index (χ0n) is 30.0. The molecule has 0 heterocycles. The van der Waals surface area contributed by atoms with Crippen LogP contribution >= 0.6 is 41.2 Å². The second kappa shape index (κ2) is 18.2. The topological polar surface area (TPSA) is 18.5 Å². The van der Waals surface area contributed by atoms with E-state index in [1.54, 1.807) is 0 Å². The molecule has 0 amide bonds. The molecule has 0 aliphatic rings. The summed E-state index contributed by atoms with van der Waals surface area (Å²) in [6.45, 7) is 14.3. The van der Waals surface area contributed by atoms with Gasteiger partial charge in [0.1, 0.15) is 0 Å². The first-order valence-corrected chi connectivity index (χ1v) is 24.5. The minimum atomic E-state index is -0.753. The van der Waals surface area contributed by atoms with Crippen molar-refractivity contribution < 1.29 is 8.85 Å². The Bertz CT molecular complexity index is 1290. The van der Waals surface area contributed by atoms with Crippen molar-refractivity contribution in [1.29, 1.82) is 0 Å². The number of hydrogen-bond donors (Lipinski definition) is 0. The highest BCUT2D eigenvalue weighted by molar-refractivity contribution is 9.26. The van der Waals surface area contributed by atoms with Gasteiger partial charge >= 0.3 is 0 Å². The van der Waals surface area contributed by atoms with Gasteiger partial charge < -0.3 is 8.85 Å². The molecule has 0 aliphatic heterocycles. The van der Waals surface area contributed by atoms with Crippen LogP contribution < -0.4 is 0 Å². The molecule has 0 fully saturated rings. The van der Waals surface area contributed by atoms with Crippen molar-refractivity contribution in [3.8, 4) is 0 Å². The maximum atomic E-state index is 6.01. The first kappa shape index (κ1) is 39.4. The second-order valence-electron chi connectivity index (χ2n) is 14.9. The van der Waals surface area contributed by atoms with Crippen LogP contribution in [-0.4, -0.2) is 33.7 Å². The molecule has 2 atom stereocenters. The first-order valence-electron chi connectivity index (χ1n) is 16.9. The molecule has 48 heavy (non-hydrogen) atoms. The van der Waals surface area contributed by atoms with E-state index in [0.717, 1.165) is 12.8 Å². The van der Waals surface area contributed by atoms with Crippen LogP contribution in [0.15, 0.2) is 121 Å². The van der Waals surface area contributed by atoms with Crippen LogP contribution in [0, 0.1) is 10.8 Å². The molecule has 0 aliphatic carbocycles. The van der Waals surface area contributed by atoms with Crippen LogP contribution in [0.5, 0.6) is 0 Å². The Labute approximate surface area is 311 Å². The highest BCUT2D eigenvalue weighted by Gasteiger charge is 2.44. The highest BCUT2D eigenvalue weighted by Crippen LogP contribution is 2.64. The maximum Gasteiger partial charge on any atom is 0.164 e. The van der Waals surface area contributed by atoms with Crippen molar-refractivity contribution in [3.63, 3.8) is 0 Å². The summed E-state index contributed by atoms with van der Waals surface area (Å²) in [5.41, 5.74) is 6.70. The van der Waals surface area contributed by atoms with Crippen LogP contribution in [0.2, 0.25) is 11.1 Å². The van der Waals surface area contributed by atoms with Crippen LogP contribution in [0.1, 0.15) is 76.6 Å². The summed E-state index contributed by atoms with van der Waals surface area (Å²) >= 11 is 0. The van der Waals surface area contributed by atoms with E-state index in [1.807, 2.05) is 55.5 Å². The maximum absolute atomic E-state index is 6.01. The molecule has 8 heteroatoms. The summed E-state index contributed by atoms with van der Waals surface area (Å²) in [7, 11) is 10.2. The summed E-state index contributed by atoms with van der Waals surface area (Å²) in [5.74, 6) is 0. The molecule has 0 saturated carbocycles. The van der Waals surface area contributed by atoms with E-state index >= 15 is 0 Å². The smallest absolute Gasteiger partial charge is 0.164 e. The monoisotopic (exact) mass is 750 g/mol. The van der Waals surface area contributed by atoms with Gasteiger partial charge in [-0.15, -0.1) is 0 Å². The fraction of sp³-hybridized carbons (Fsp3) is 0.400. The Morgan fingerprint density at radius 1 is 0.458 bits per heavy atom. The van der Waals surface area contributed by atoms with Crippen LogP contribution in [0.3, 0.4) is 0 Å². The van der Waals surface area contributed by atoms with Crippen LogP contribution in [0.4, 0.5) is 0 Å². The molecule has 2 nitrogen and oxygen atoms in total. The molecule has 0 N–H and O–H groups in total. The third-order valence-electron chi connectivity index (χ3n) is 9.59. The fourth-order valence-electron chi connectivity index (χ4n) is 6.37. The van der Waals surface area contributed by atoms with Gasteiger partial charge in [0.2, 0.25) is 0 Å². The molecule has 258 valence electrons. The lowest BCUT2D eigenvalue weighted by atomic mass is 9.80. The molecule has 4 rings (SSSR count). The van der Waals surface area contributed by atoms with Gasteiger partial charge in [0.25, 0.3) is 0 Å². The number of rotatable bonds is 17. The van der Waals surface area contributed by atoms with Gasteiger partial charge in [-0.05, 0) is 76.7 Å². The quantitative estimate of drug-likeness (QED) is 0.0603. The lowest BCUT2D eigenvalue weighted by Gasteiger charge is -2.42. The van der Waals surface area contributed by atoms with Crippen molar-refractivity contribution in [2.24, 2.45) is 10.8 Å². The summed E-state index contributed by atoms with van der Waals surface area (Å²) in [6, 6.07) is 44.7. The molecule has 0 spiro atoms. The van der Waals surface area contributed by atoms with Gasteiger partial charge in [0, 0.05) is 14.2 Å². The Morgan fingerprint density at radius 2 is 0.708 bits per heavy atom. The van der Waals surface area contributed by atoms with E-state index in [1.165, 1.54) is 22.3 Å². The van der Waals surface area contributed by atoms with Crippen molar-refractivity contribution in [2.45, 2.75) is 75.0 Å². The van der Waals surface area contributed by atoms with Crippen molar-refractivity contribution in [2.75, 3.05) is 14.2 Å². The van der Waals surface area contributed by atoms with E-state index in [-0.39, 0.29) is 20.3 Å². The van der Waals surface area contributed by atoms with Crippen molar-refractivity contribution in [1.82, 2.24) is 0 Å². The molecular weight excluding hydrogens is 697 g/mol. The van der Waals surface area contributed by atoms with Crippen LogP contribution in [-0.2, 0) is 18.3 Å². The Hall–Kier alpha value is -1.37. The third kappa shape index (κ3) is 10.1. The fourth-order valence-corrected chi connectivity index (χ4v) is 18.0. The standard InChI is InChI=1S/C40H54O2S4Si2/c1-37(2,3)35(47-41-7)29-39(31-21-13-9-14-22-31,32-23-15-10-16-24-32)43-45-46-44-40(33-25-17-11-18-26-33,34-27-19-12-20-28-34)30-36(48-42-8)38(4,5)6/h9-28,35-36H,29-30,47-48H2,1-8H3. The molecule has 0 radical (unpaired) electrons. The average Bonchev–Trinajstić information content (AvgIpc) is 3.09. The van der Waals surface area contributed by atoms with E-state index in [0.29, 0.717) is 11.1 Å². The number of hydrogen-bond acceptors (Lipinski definition) is 6. The van der Waals surface area contributed by atoms with Gasteiger partial charge in [-0.25, -0.2) is 0 Å². The first-order chi connectivity index (χ1) is 23.0. The van der Waals surface area contributed by atoms with Gasteiger partial charge in [-0.1, -0.05) is 184 Å². The second-order valence-corrected chi connectivity index (χ2v) is 24.9. The lowest BCUT2D eigenvalue weighted by molar-refractivity contribution is 0.313. The number of benzene rings is 4. The van der Waals surface area contributed by atoms with Crippen molar-refractivity contribution in [3.05, 3.63) is 144 Å². The Morgan fingerprint density at radius 3 is 0.917 bits per heavy atom. The Balaban J connectivity index is 1.77. The average molecular weight is 751 g/mol. The lowest BCUT2D eigenvalue weighted by Crippen LogP contribution is -2.32. The minimum absolute atomic E-state index is 0.146.